The number of halogens is 3. The normalized spacial score (nSPS) is 14.9. The first-order valence-corrected chi connectivity index (χ1v) is 9.05. The van der Waals surface area contributed by atoms with Gasteiger partial charge < -0.3 is 0 Å². The lowest BCUT2D eigenvalue weighted by Gasteiger charge is -2.11. The molecular formula is C7H8ClF2NO4S3. The number of hydrogen-bond donors (Lipinski definition) is 1. The molecule has 11 heteroatoms. The van der Waals surface area contributed by atoms with Crippen molar-refractivity contribution in [2.45, 2.75) is 22.9 Å². The summed E-state index contributed by atoms with van der Waals surface area (Å²) >= 11 is 0.709. The van der Waals surface area contributed by atoms with Gasteiger partial charge in [-0.25, -0.2) is 21.6 Å². The van der Waals surface area contributed by atoms with Gasteiger partial charge in [0.05, 0.1) is 6.04 Å². The molecule has 0 radical (unpaired) electrons. The van der Waals surface area contributed by atoms with Crippen molar-refractivity contribution in [3.05, 3.63) is 17.0 Å². The molecule has 1 aromatic rings. The molecular weight excluding hydrogens is 332 g/mol. The maximum absolute atomic E-state index is 12.1. The van der Waals surface area contributed by atoms with Crippen LogP contribution in [0.25, 0.3) is 0 Å². The third-order valence-corrected chi connectivity index (χ3v) is 6.36. The van der Waals surface area contributed by atoms with Gasteiger partial charge in [-0.3, -0.25) is 0 Å². The van der Waals surface area contributed by atoms with E-state index in [2.05, 4.69) is 0 Å². The van der Waals surface area contributed by atoms with Gasteiger partial charge in [0.25, 0.3) is 19.1 Å². The van der Waals surface area contributed by atoms with E-state index in [1.807, 2.05) is 0 Å². The Labute approximate surface area is 111 Å². The van der Waals surface area contributed by atoms with Gasteiger partial charge in [0, 0.05) is 15.6 Å². The van der Waals surface area contributed by atoms with Crippen molar-refractivity contribution in [1.82, 2.24) is 4.72 Å². The quantitative estimate of drug-likeness (QED) is 0.830. The summed E-state index contributed by atoms with van der Waals surface area (Å²) in [5.74, 6) is -3.55. The molecule has 0 bridgehead atoms. The number of nitrogens with one attached hydrogen (secondary N) is 1. The Morgan fingerprint density at radius 3 is 2.22 bits per heavy atom. The average molecular weight is 340 g/mol. The highest BCUT2D eigenvalue weighted by atomic mass is 35.7. The molecule has 1 atom stereocenters. The van der Waals surface area contributed by atoms with Gasteiger partial charge in [0.15, 0.2) is 0 Å². The lowest BCUT2D eigenvalue weighted by Crippen LogP contribution is -2.31. The summed E-state index contributed by atoms with van der Waals surface area (Å²) in [6, 6.07) is 1.51. The van der Waals surface area contributed by atoms with E-state index in [1.165, 1.54) is 19.1 Å². The van der Waals surface area contributed by atoms with Crippen LogP contribution in [-0.2, 0) is 19.1 Å². The smallest absolute Gasteiger partial charge is 0.206 e. The first-order chi connectivity index (χ1) is 8.04. The highest BCUT2D eigenvalue weighted by Gasteiger charge is 2.27. The van der Waals surface area contributed by atoms with Crippen LogP contribution < -0.4 is 4.72 Å². The second-order valence-electron chi connectivity index (χ2n) is 3.24. The van der Waals surface area contributed by atoms with Crippen molar-refractivity contribution in [2.75, 3.05) is 0 Å². The molecule has 1 rings (SSSR count). The third kappa shape index (κ3) is 3.85. The molecule has 0 aliphatic carbocycles. The fourth-order valence-electron chi connectivity index (χ4n) is 1.05. The van der Waals surface area contributed by atoms with Crippen LogP contribution in [0, 0.1) is 0 Å². The van der Waals surface area contributed by atoms with Crippen molar-refractivity contribution < 1.29 is 25.6 Å². The van der Waals surface area contributed by atoms with Crippen molar-refractivity contribution in [1.29, 1.82) is 0 Å². The van der Waals surface area contributed by atoms with Crippen LogP contribution in [0.4, 0.5) is 8.78 Å². The summed E-state index contributed by atoms with van der Waals surface area (Å²) in [7, 11) is -3.56. The lowest BCUT2D eigenvalue weighted by atomic mass is 10.3. The molecule has 1 N–H and O–H groups in total. The first kappa shape index (κ1) is 15.8. The topological polar surface area (TPSA) is 80.3 Å². The number of sulfonamides is 1. The summed E-state index contributed by atoms with van der Waals surface area (Å²) in [5, 5.41) is 0. The van der Waals surface area contributed by atoms with Gasteiger partial charge in [-0.2, -0.15) is 8.78 Å². The fraction of sp³-hybridized carbons (Fsp3) is 0.429. The maximum atomic E-state index is 12.1. The summed E-state index contributed by atoms with van der Waals surface area (Å²) < 4.78 is 69.6. The van der Waals surface area contributed by atoms with E-state index in [9.17, 15) is 25.6 Å². The first-order valence-electron chi connectivity index (χ1n) is 4.37. The third-order valence-electron chi connectivity index (χ3n) is 1.84. The molecule has 5 nitrogen and oxygen atoms in total. The lowest BCUT2D eigenvalue weighted by molar-refractivity contribution is 0.231. The summed E-state index contributed by atoms with van der Waals surface area (Å²) in [4.78, 5) is 0.262. The Morgan fingerprint density at radius 1 is 1.28 bits per heavy atom. The molecule has 1 heterocycles. The minimum absolute atomic E-state index is 0.178. The molecule has 0 saturated carbocycles. The maximum Gasteiger partial charge on any atom is 0.350 e. The van der Waals surface area contributed by atoms with Gasteiger partial charge in [-0.05, 0) is 19.1 Å². The SMILES string of the molecule is CC(NS(=O)(=O)C(F)F)c1ccc(S(=O)(=O)Cl)s1. The van der Waals surface area contributed by atoms with Crippen LogP contribution in [-0.4, -0.2) is 22.6 Å². The molecule has 0 fully saturated rings. The highest BCUT2D eigenvalue weighted by Crippen LogP contribution is 2.29. The predicted molar refractivity (Wildman–Crippen MR) is 63.8 cm³/mol. The average Bonchev–Trinajstić information content (AvgIpc) is 2.64. The van der Waals surface area contributed by atoms with Crippen LogP contribution in [0.15, 0.2) is 16.3 Å². The molecule has 0 spiro atoms. The Balaban J connectivity index is 2.93. The second-order valence-corrected chi connectivity index (χ2v) is 8.83. The van der Waals surface area contributed by atoms with E-state index in [1.54, 1.807) is 4.72 Å². The van der Waals surface area contributed by atoms with Crippen molar-refractivity contribution in [3.63, 3.8) is 0 Å². The molecule has 0 aliphatic rings. The van der Waals surface area contributed by atoms with Crippen molar-refractivity contribution in [3.8, 4) is 0 Å². The van der Waals surface area contributed by atoms with Crippen LogP contribution in [0.2, 0.25) is 0 Å². The fourth-order valence-corrected chi connectivity index (χ4v) is 3.95. The Hall–Kier alpha value is -0.290. The molecule has 1 unspecified atom stereocenters. The van der Waals surface area contributed by atoms with E-state index in [0.29, 0.717) is 11.3 Å². The molecule has 0 aliphatic heterocycles. The largest absolute Gasteiger partial charge is 0.350 e. The van der Waals surface area contributed by atoms with Crippen LogP contribution >= 0.6 is 22.0 Å². The van der Waals surface area contributed by atoms with Gasteiger partial charge >= 0.3 is 5.76 Å². The molecule has 0 aromatic carbocycles. The van der Waals surface area contributed by atoms with Crippen LogP contribution in [0.3, 0.4) is 0 Å². The molecule has 18 heavy (non-hydrogen) atoms. The van der Waals surface area contributed by atoms with Crippen LogP contribution in [0.5, 0.6) is 0 Å². The number of hydrogen-bond acceptors (Lipinski definition) is 5. The van der Waals surface area contributed by atoms with Gasteiger partial charge in [-0.1, -0.05) is 0 Å². The van der Waals surface area contributed by atoms with E-state index in [-0.39, 0.29) is 9.09 Å². The van der Waals surface area contributed by atoms with E-state index < -0.39 is 30.9 Å². The summed E-state index contributed by atoms with van der Waals surface area (Å²) in [6.45, 7) is 1.32. The zero-order valence-corrected chi connectivity index (χ0v) is 12.0. The monoisotopic (exact) mass is 339 g/mol. The Kier molecular flexibility index (Phi) is 4.70. The summed E-state index contributed by atoms with van der Waals surface area (Å²) in [5.41, 5.74) is 0. The van der Waals surface area contributed by atoms with Gasteiger partial charge in [-0.15, -0.1) is 11.3 Å². The van der Waals surface area contributed by atoms with Crippen molar-refractivity contribution >= 4 is 41.1 Å². The highest BCUT2D eigenvalue weighted by molar-refractivity contribution is 8.15. The second kappa shape index (κ2) is 5.37. The Bertz CT molecular complexity index is 625. The molecule has 0 saturated heterocycles. The van der Waals surface area contributed by atoms with E-state index in [0.717, 1.165) is 0 Å². The van der Waals surface area contributed by atoms with Gasteiger partial charge in [0.2, 0.25) is 0 Å². The zero-order chi connectivity index (χ0) is 14.1. The number of alkyl halides is 2. The minimum Gasteiger partial charge on any atom is -0.206 e. The zero-order valence-electron chi connectivity index (χ0n) is 8.80. The molecule has 0 amide bonds. The van der Waals surface area contributed by atoms with Gasteiger partial charge in [0.1, 0.15) is 4.21 Å². The summed E-state index contributed by atoms with van der Waals surface area (Å²) in [6.07, 6.45) is 0. The predicted octanol–water partition coefficient (Wildman–Crippen LogP) is 1.88. The molecule has 1 aromatic heterocycles. The minimum atomic E-state index is -4.73. The van der Waals surface area contributed by atoms with E-state index in [4.69, 9.17) is 10.7 Å². The van der Waals surface area contributed by atoms with Crippen LogP contribution in [0.1, 0.15) is 17.8 Å². The number of thiophene rings is 1. The number of rotatable bonds is 5. The standard InChI is InChI=1S/C7H8ClF2NO4S3/c1-4(11-18(14,15)7(9)10)5-2-3-6(16-5)17(8,12)13/h2-4,7,11H,1H3. The Morgan fingerprint density at radius 2 is 1.83 bits per heavy atom. The molecule has 104 valence electrons. The van der Waals surface area contributed by atoms with E-state index >= 15 is 0 Å². The van der Waals surface area contributed by atoms with Crippen molar-refractivity contribution in [2.24, 2.45) is 0 Å².